The highest BCUT2D eigenvalue weighted by Gasteiger charge is 2.19. The molecule has 182 valence electrons. The van der Waals surface area contributed by atoms with E-state index in [1.54, 1.807) is 0 Å². The van der Waals surface area contributed by atoms with Crippen molar-refractivity contribution in [1.82, 2.24) is 14.1 Å². The second-order valence-electron chi connectivity index (χ2n) is 10.1. The first kappa shape index (κ1) is 20.7. The molecule has 0 unspecified atom stereocenters. The van der Waals surface area contributed by atoms with Crippen molar-refractivity contribution in [2.24, 2.45) is 0 Å². The molecular formula is C35H21N3O. The van der Waals surface area contributed by atoms with Crippen molar-refractivity contribution >= 4 is 65.5 Å². The number of hydrogen-bond donors (Lipinski definition) is 0. The molecule has 9 aromatic rings. The third-order valence-corrected chi connectivity index (χ3v) is 8.01. The molecule has 39 heavy (non-hydrogen) atoms. The number of rotatable bonds is 2. The average Bonchev–Trinajstić information content (AvgIpc) is 3.67. The van der Waals surface area contributed by atoms with Gasteiger partial charge in [-0.05, 0) is 65.4 Å². The molecule has 0 radical (unpaired) electrons. The van der Waals surface area contributed by atoms with E-state index in [4.69, 9.17) is 4.42 Å². The maximum atomic E-state index is 5.70. The Bertz CT molecular complexity index is 2390. The summed E-state index contributed by atoms with van der Waals surface area (Å²) >= 11 is 0. The van der Waals surface area contributed by atoms with E-state index in [1.165, 1.54) is 60.8 Å². The molecule has 6 aromatic carbocycles. The SMILES string of the molecule is c1ccc(-n2c3ccccc3c3cc4c(cc32)c2cc3ccccc3cc2n4-c2ccc3ncoc3c2)cc1. The van der Waals surface area contributed by atoms with Crippen molar-refractivity contribution in [2.45, 2.75) is 0 Å². The van der Waals surface area contributed by atoms with E-state index in [0.717, 1.165) is 22.5 Å². The largest absolute Gasteiger partial charge is 0.443 e. The molecule has 3 aromatic heterocycles. The number of fused-ring (bicyclic) bond motifs is 8. The van der Waals surface area contributed by atoms with Gasteiger partial charge < -0.3 is 13.6 Å². The van der Waals surface area contributed by atoms with Gasteiger partial charge in [0.1, 0.15) is 5.52 Å². The molecule has 0 amide bonds. The van der Waals surface area contributed by atoms with Crippen molar-refractivity contribution in [1.29, 1.82) is 0 Å². The Labute approximate surface area is 222 Å². The zero-order chi connectivity index (χ0) is 25.5. The van der Waals surface area contributed by atoms with Gasteiger partial charge >= 0.3 is 0 Å². The van der Waals surface area contributed by atoms with Crippen LogP contribution in [0, 0.1) is 0 Å². The molecule has 3 heterocycles. The summed E-state index contributed by atoms with van der Waals surface area (Å²) in [6.07, 6.45) is 1.51. The smallest absolute Gasteiger partial charge is 0.181 e. The highest BCUT2D eigenvalue weighted by atomic mass is 16.3. The Morgan fingerprint density at radius 2 is 1.10 bits per heavy atom. The summed E-state index contributed by atoms with van der Waals surface area (Å²) in [5, 5.41) is 7.38. The molecule has 0 aliphatic carbocycles. The normalized spacial score (nSPS) is 12.1. The second kappa shape index (κ2) is 7.59. The molecule has 4 nitrogen and oxygen atoms in total. The highest BCUT2D eigenvalue weighted by Crippen LogP contribution is 2.40. The molecule has 0 aliphatic rings. The number of oxazole rings is 1. The van der Waals surface area contributed by atoms with Crippen LogP contribution >= 0.6 is 0 Å². The summed E-state index contributed by atoms with van der Waals surface area (Å²) in [5.41, 5.74) is 8.61. The van der Waals surface area contributed by atoms with E-state index in [9.17, 15) is 0 Å². The predicted octanol–water partition coefficient (Wildman–Crippen LogP) is 9.18. The molecule has 0 fully saturated rings. The van der Waals surface area contributed by atoms with Crippen molar-refractivity contribution in [3.8, 4) is 11.4 Å². The summed E-state index contributed by atoms with van der Waals surface area (Å²) < 4.78 is 10.5. The van der Waals surface area contributed by atoms with E-state index in [1.807, 2.05) is 6.07 Å². The molecule has 0 aliphatic heterocycles. The Kier molecular flexibility index (Phi) is 4.02. The maximum absolute atomic E-state index is 5.70. The van der Waals surface area contributed by atoms with E-state index in [-0.39, 0.29) is 0 Å². The lowest BCUT2D eigenvalue weighted by molar-refractivity contribution is 0.602. The summed E-state index contributed by atoms with van der Waals surface area (Å²) in [5.74, 6) is 0. The third kappa shape index (κ3) is 2.85. The average molecular weight is 500 g/mol. The minimum Gasteiger partial charge on any atom is -0.443 e. The molecule has 0 N–H and O–H groups in total. The van der Waals surface area contributed by atoms with Crippen LogP contribution in [0.25, 0.3) is 76.9 Å². The Morgan fingerprint density at radius 1 is 0.462 bits per heavy atom. The van der Waals surface area contributed by atoms with Gasteiger partial charge in [0.05, 0.1) is 27.8 Å². The van der Waals surface area contributed by atoms with E-state index < -0.39 is 0 Å². The topological polar surface area (TPSA) is 35.9 Å². The zero-order valence-corrected chi connectivity index (χ0v) is 20.9. The highest BCUT2D eigenvalue weighted by molar-refractivity contribution is 6.20. The Balaban J connectivity index is 1.49. The van der Waals surface area contributed by atoms with Crippen LogP contribution in [0.2, 0.25) is 0 Å². The molecule has 0 saturated heterocycles. The summed E-state index contributed by atoms with van der Waals surface area (Å²) in [7, 11) is 0. The summed E-state index contributed by atoms with van der Waals surface area (Å²) in [6, 6.07) is 43.5. The van der Waals surface area contributed by atoms with E-state index >= 15 is 0 Å². The minimum atomic E-state index is 0.782. The van der Waals surface area contributed by atoms with Crippen molar-refractivity contribution in [3.63, 3.8) is 0 Å². The maximum Gasteiger partial charge on any atom is 0.181 e. The minimum absolute atomic E-state index is 0.782. The van der Waals surface area contributed by atoms with Crippen LogP contribution < -0.4 is 0 Å². The molecule has 0 saturated carbocycles. The fourth-order valence-electron chi connectivity index (χ4n) is 6.28. The van der Waals surface area contributed by atoms with Crippen molar-refractivity contribution < 1.29 is 4.42 Å². The fourth-order valence-corrected chi connectivity index (χ4v) is 6.28. The fraction of sp³-hybridized carbons (Fsp3) is 0. The number of benzene rings is 6. The van der Waals surface area contributed by atoms with E-state index in [2.05, 4.69) is 129 Å². The van der Waals surface area contributed by atoms with Crippen LogP contribution in [0.4, 0.5) is 0 Å². The van der Waals surface area contributed by atoms with Gasteiger partial charge in [0.2, 0.25) is 0 Å². The van der Waals surface area contributed by atoms with Gasteiger partial charge in [-0.3, -0.25) is 0 Å². The summed E-state index contributed by atoms with van der Waals surface area (Å²) in [4.78, 5) is 4.33. The van der Waals surface area contributed by atoms with Gasteiger partial charge in [-0.25, -0.2) is 4.98 Å². The molecule has 4 heteroatoms. The Hall–Kier alpha value is -5.35. The van der Waals surface area contributed by atoms with Gasteiger partial charge in [-0.1, -0.05) is 60.7 Å². The van der Waals surface area contributed by atoms with Gasteiger partial charge in [0.25, 0.3) is 0 Å². The van der Waals surface area contributed by atoms with Gasteiger partial charge in [-0.2, -0.15) is 0 Å². The molecule has 0 spiro atoms. The van der Waals surface area contributed by atoms with Gasteiger partial charge in [0, 0.05) is 33.3 Å². The van der Waals surface area contributed by atoms with Crippen LogP contribution in [0.5, 0.6) is 0 Å². The number of nitrogens with zero attached hydrogens (tertiary/aromatic N) is 3. The number of hydrogen-bond acceptors (Lipinski definition) is 2. The van der Waals surface area contributed by atoms with Crippen LogP contribution in [0.1, 0.15) is 0 Å². The second-order valence-corrected chi connectivity index (χ2v) is 10.1. The third-order valence-electron chi connectivity index (χ3n) is 8.01. The first-order valence-electron chi connectivity index (χ1n) is 13.1. The summed E-state index contributed by atoms with van der Waals surface area (Å²) in [6.45, 7) is 0. The quantitative estimate of drug-likeness (QED) is 0.238. The zero-order valence-electron chi connectivity index (χ0n) is 20.9. The van der Waals surface area contributed by atoms with Crippen LogP contribution in [0.3, 0.4) is 0 Å². The number of aromatic nitrogens is 3. The van der Waals surface area contributed by atoms with Gasteiger partial charge in [-0.15, -0.1) is 0 Å². The van der Waals surface area contributed by atoms with Gasteiger partial charge in [0.15, 0.2) is 12.0 Å². The van der Waals surface area contributed by atoms with Crippen LogP contribution in [-0.2, 0) is 0 Å². The van der Waals surface area contributed by atoms with E-state index in [0.29, 0.717) is 0 Å². The standard InChI is InChI=1S/C35H21N3O/c1-2-10-24(11-3-1)37-31-13-7-6-12-26(31)28-19-34-29(20-33(28)37)27-16-22-8-4-5-9-23(22)17-32(27)38(34)25-14-15-30-35(18-25)39-21-36-30/h1-21H. The lowest BCUT2D eigenvalue weighted by Crippen LogP contribution is -1.94. The van der Waals surface area contributed by atoms with Crippen LogP contribution in [-0.4, -0.2) is 14.1 Å². The van der Waals surface area contributed by atoms with Crippen LogP contribution in [0.15, 0.2) is 132 Å². The Morgan fingerprint density at radius 3 is 1.95 bits per heavy atom. The number of para-hydroxylation sites is 2. The predicted molar refractivity (Wildman–Crippen MR) is 160 cm³/mol. The molecule has 0 bridgehead atoms. The first-order valence-corrected chi connectivity index (χ1v) is 13.1. The molecule has 9 rings (SSSR count). The lowest BCUT2D eigenvalue weighted by Gasteiger charge is -2.09. The monoisotopic (exact) mass is 499 g/mol. The molecular weight excluding hydrogens is 478 g/mol. The first-order chi connectivity index (χ1) is 19.3. The lowest BCUT2D eigenvalue weighted by atomic mass is 10.0. The molecule has 0 atom stereocenters. The van der Waals surface area contributed by atoms with Crippen molar-refractivity contribution in [2.75, 3.05) is 0 Å². The van der Waals surface area contributed by atoms with Crippen molar-refractivity contribution in [3.05, 3.63) is 128 Å².